The summed E-state index contributed by atoms with van der Waals surface area (Å²) in [6.07, 6.45) is 3.06. The van der Waals surface area contributed by atoms with Crippen molar-refractivity contribution in [3.05, 3.63) is 29.8 Å². The molecule has 2 rings (SSSR count). The quantitative estimate of drug-likeness (QED) is 0.801. The number of halogens is 1. The molecule has 0 aromatic heterocycles. The minimum Gasteiger partial charge on any atom is -0.207 e. The van der Waals surface area contributed by atoms with Gasteiger partial charge in [-0.3, -0.25) is 0 Å². The molecule has 1 aliphatic heterocycles. The van der Waals surface area contributed by atoms with Crippen molar-refractivity contribution in [2.24, 2.45) is 5.92 Å². The van der Waals surface area contributed by atoms with Crippen LogP contribution in [0.5, 0.6) is 0 Å². The fraction of sp³-hybridized carbons (Fsp3) is 0.571. The molecule has 0 saturated carbocycles. The first-order valence-electron chi connectivity index (χ1n) is 6.73. The van der Waals surface area contributed by atoms with Gasteiger partial charge >= 0.3 is 0 Å². The Labute approximate surface area is 120 Å². The predicted octanol–water partition coefficient (Wildman–Crippen LogP) is 3.24. The first-order valence-corrected chi connectivity index (χ1v) is 8.70. The third-order valence-electron chi connectivity index (χ3n) is 3.84. The van der Waals surface area contributed by atoms with Crippen molar-refractivity contribution < 1.29 is 8.42 Å². The van der Waals surface area contributed by atoms with Crippen molar-refractivity contribution in [2.75, 3.05) is 13.1 Å². The van der Waals surface area contributed by atoms with Crippen LogP contribution in [0.3, 0.4) is 0 Å². The van der Waals surface area contributed by atoms with Crippen molar-refractivity contribution in [2.45, 2.75) is 37.0 Å². The van der Waals surface area contributed by atoms with E-state index in [0.717, 1.165) is 24.8 Å². The number of sulfonamides is 1. The average Bonchev–Trinajstić information content (AvgIpc) is 2.47. The molecule has 19 heavy (non-hydrogen) atoms. The first kappa shape index (κ1) is 14.8. The third kappa shape index (κ3) is 3.30. The topological polar surface area (TPSA) is 37.4 Å². The molecule has 3 nitrogen and oxygen atoms in total. The highest BCUT2D eigenvalue weighted by atomic mass is 35.5. The Morgan fingerprint density at radius 3 is 2.58 bits per heavy atom. The van der Waals surface area contributed by atoms with Gasteiger partial charge in [0.25, 0.3) is 0 Å². The van der Waals surface area contributed by atoms with Crippen molar-refractivity contribution in [3.8, 4) is 0 Å². The molecule has 0 N–H and O–H groups in total. The van der Waals surface area contributed by atoms with Gasteiger partial charge < -0.3 is 0 Å². The zero-order valence-electron chi connectivity index (χ0n) is 11.2. The van der Waals surface area contributed by atoms with E-state index in [-0.39, 0.29) is 0 Å². The van der Waals surface area contributed by atoms with Crippen LogP contribution >= 0.6 is 11.6 Å². The van der Waals surface area contributed by atoms with Crippen molar-refractivity contribution in [1.29, 1.82) is 0 Å². The maximum atomic E-state index is 12.5. The summed E-state index contributed by atoms with van der Waals surface area (Å²) >= 11 is 5.76. The highest BCUT2D eigenvalue weighted by molar-refractivity contribution is 7.89. The van der Waals surface area contributed by atoms with Gasteiger partial charge in [0.05, 0.1) is 4.90 Å². The zero-order valence-corrected chi connectivity index (χ0v) is 12.8. The van der Waals surface area contributed by atoms with Crippen molar-refractivity contribution >= 4 is 21.6 Å². The van der Waals surface area contributed by atoms with Crippen LogP contribution in [0.25, 0.3) is 0 Å². The molecule has 0 spiro atoms. The molecule has 0 unspecified atom stereocenters. The molecule has 0 atom stereocenters. The monoisotopic (exact) mass is 301 g/mol. The Kier molecular flexibility index (Phi) is 4.87. The van der Waals surface area contributed by atoms with E-state index in [1.165, 1.54) is 0 Å². The molecular weight excluding hydrogens is 282 g/mol. The molecule has 1 fully saturated rings. The molecule has 0 radical (unpaired) electrons. The second-order valence-corrected chi connectivity index (χ2v) is 7.24. The number of benzene rings is 1. The standard InChI is InChI=1S/C14H20ClNO2S/c1-2-12-6-8-16(9-7-12)19(17,18)14-5-3-4-13(10-14)11-15/h3-5,10,12H,2,6-9,11H2,1H3. The van der Waals surface area contributed by atoms with Gasteiger partial charge in [-0.05, 0) is 36.5 Å². The number of rotatable bonds is 4. The maximum absolute atomic E-state index is 12.5. The van der Waals surface area contributed by atoms with Crippen LogP contribution in [0.2, 0.25) is 0 Å². The molecule has 0 amide bonds. The molecule has 1 aromatic carbocycles. The van der Waals surface area contributed by atoms with Crippen LogP contribution < -0.4 is 0 Å². The summed E-state index contributed by atoms with van der Waals surface area (Å²) in [7, 11) is -3.35. The largest absolute Gasteiger partial charge is 0.243 e. The van der Waals surface area contributed by atoms with Crippen molar-refractivity contribution in [3.63, 3.8) is 0 Å². The van der Waals surface area contributed by atoms with E-state index in [9.17, 15) is 8.42 Å². The van der Waals surface area contributed by atoms with Gasteiger partial charge in [0.15, 0.2) is 0 Å². The third-order valence-corrected chi connectivity index (χ3v) is 6.04. The molecule has 0 bridgehead atoms. The van der Waals surface area contributed by atoms with E-state index in [1.54, 1.807) is 22.5 Å². The highest BCUT2D eigenvalue weighted by Crippen LogP contribution is 2.25. The van der Waals surface area contributed by atoms with Crippen LogP contribution in [0.15, 0.2) is 29.2 Å². The summed E-state index contributed by atoms with van der Waals surface area (Å²) in [5.41, 5.74) is 0.839. The Hall–Kier alpha value is -0.580. The van der Waals surface area contributed by atoms with Gasteiger partial charge in [-0.1, -0.05) is 25.5 Å². The lowest BCUT2D eigenvalue weighted by Crippen LogP contribution is -2.38. The van der Waals surface area contributed by atoms with Crippen molar-refractivity contribution in [1.82, 2.24) is 4.31 Å². The zero-order chi connectivity index (χ0) is 13.9. The minimum atomic E-state index is -3.35. The molecule has 1 heterocycles. The SMILES string of the molecule is CCC1CCN(S(=O)(=O)c2cccc(CCl)c2)CC1. The van der Waals surface area contributed by atoms with Crippen LogP contribution in [-0.4, -0.2) is 25.8 Å². The van der Waals surface area contributed by atoms with Crippen LogP contribution in [0, 0.1) is 5.92 Å². The van der Waals surface area contributed by atoms with Crippen LogP contribution in [0.4, 0.5) is 0 Å². The lowest BCUT2D eigenvalue weighted by molar-refractivity contribution is 0.269. The Bertz CT molecular complexity index is 522. The molecule has 0 aliphatic carbocycles. The predicted molar refractivity (Wildman–Crippen MR) is 77.8 cm³/mol. The van der Waals surface area contributed by atoms with Gasteiger partial charge in [-0.2, -0.15) is 4.31 Å². The van der Waals surface area contributed by atoms with E-state index in [1.807, 2.05) is 6.07 Å². The molecule has 1 saturated heterocycles. The second-order valence-electron chi connectivity index (χ2n) is 5.04. The number of hydrogen-bond acceptors (Lipinski definition) is 2. The van der Waals surface area contributed by atoms with E-state index in [0.29, 0.717) is 29.8 Å². The second kappa shape index (κ2) is 6.25. The van der Waals surface area contributed by atoms with Gasteiger partial charge in [0.2, 0.25) is 10.0 Å². The fourth-order valence-corrected chi connectivity index (χ4v) is 4.20. The van der Waals surface area contributed by atoms with Gasteiger partial charge in [-0.25, -0.2) is 8.42 Å². The summed E-state index contributed by atoms with van der Waals surface area (Å²) in [5, 5.41) is 0. The molecule has 1 aromatic rings. The number of nitrogens with zero attached hydrogens (tertiary/aromatic N) is 1. The van der Waals surface area contributed by atoms with Gasteiger partial charge in [-0.15, -0.1) is 11.6 Å². The summed E-state index contributed by atoms with van der Waals surface area (Å²) < 4.78 is 26.7. The van der Waals surface area contributed by atoms with Crippen LogP contribution in [-0.2, 0) is 15.9 Å². The van der Waals surface area contributed by atoms with E-state index in [2.05, 4.69) is 6.92 Å². The maximum Gasteiger partial charge on any atom is 0.243 e. The van der Waals surface area contributed by atoms with Gasteiger partial charge in [0, 0.05) is 19.0 Å². The molecule has 5 heteroatoms. The summed E-state index contributed by atoms with van der Waals surface area (Å²) in [5.74, 6) is 1.00. The van der Waals surface area contributed by atoms with E-state index >= 15 is 0 Å². The smallest absolute Gasteiger partial charge is 0.207 e. The summed E-state index contributed by atoms with van der Waals surface area (Å²) in [6, 6.07) is 6.92. The minimum absolute atomic E-state index is 0.335. The Morgan fingerprint density at radius 2 is 2.00 bits per heavy atom. The average molecular weight is 302 g/mol. The number of hydrogen-bond donors (Lipinski definition) is 0. The normalized spacial score (nSPS) is 18.6. The Balaban J connectivity index is 2.18. The molecule has 106 valence electrons. The molecular formula is C14H20ClNO2S. The lowest BCUT2D eigenvalue weighted by Gasteiger charge is -2.30. The molecule has 1 aliphatic rings. The van der Waals surface area contributed by atoms with Gasteiger partial charge in [0.1, 0.15) is 0 Å². The Morgan fingerprint density at radius 1 is 1.32 bits per heavy atom. The lowest BCUT2D eigenvalue weighted by atomic mass is 9.96. The number of alkyl halides is 1. The fourth-order valence-electron chi connectivity index (χ4n) is 2.50. The number of piperidine rings is 1. The summed E-state index contributed by atoms with van der Waals surface area (Å²) in [4.78, 5) is 0.362. The van der Waals surface area contributed by atoms with E-state index < -0.39 is 10.0 Å². The summed E-state index contributed by atoms with van der Waals surface area (Å²) in [6.45, 7) is 3.43. The van der Waals surface area contributed by atoms with E-state index in [4.69, 9.17) is 11.6 Å². The van der Waals surface area contributed by atoms with Crippen LogP contribution in [0.1, 0.15) is 31.7 Å². The first-order chi connectivity index (χ1) is 9.07. The highest BCUT2D eigenvalue weighted by Gasteiger charge is 2.28.